The fourth-order valence-electron chi connectivity index (χ4n) is 2.57. The van der Waals surface area contributed by atoms with E-state index in [9.17, 15) is 0 Å². The predicted molar refractivity (Wildman–Crippen MR) is 66.5 cm³/mol. The van der Waals surface area contributed by atoms with Gasteiger partial charge in [0.1, 0.15) is 6.07 Å². The number of nitriles is 1. The third-order valence-corrected chi connectivity index (χ3v) is 3.68. The van der Waals surface area contributed by atoms with Crippen LogP contribution in [0.15, 0.2) is 12.4 Å². The van der Waals surface area contributed by atoms with E-state index < -0.39 is 0 Å². The molecule has 0 saturated carbocycles. The standard InChI is InChI=1S/C13H18N4/c1-3-11-8-17(9-12(11)4-2)13-15-6-10(5-14)7-16-13/h6-7,11-12H,3-4,8-9H2,1-2H3. The van der Waals surface area contributed by atoms with E-state index in [1.807, 2.05) is 6.07 Å². The minimum absolute atomic E-state index is 0.520. The zero-order valence-electron chi connectivity index (χ0n) is 10.4. The van der Waals surface area contributed by atoms with Crippen molar-refractivity contribution in [3.8, 4) is 6.07 Å². The highest BCUT2D eigenvalue weighted by Gasteiger charge is 2.31. The lowest BCUT2D eigenvalue weighted by atomic mass is 9.92. The normalized spacial score (nSPS) is 23.7. The monoisotopic (exact) mass is 230 g/mol. The van der Waals surface area contributed by atoms with Gasteiger partial charge < -0.3 is 4.90 Å². The number of aromatic nitrogens is 2. The molecular weight excluding hydrogens is 212 g/mol. The highest BCUT2D eigenvalue weighted by molar-refractivity contribution is 5.34. The van der Waals surface area contributed by atoms with Crippen molar-refractivity contribution in [2.45, 2.75) is 26.7 Å². The maximum absolute atomic E-state index is 8.71. The number of anilines is 1. The molecule has 0 aromatic carbocycles. The van der Waals surface area contributed by atoms with Crippen LogP contribution >= 0.6 is 0 Å². The molecule has 2 unspecified atom stereocenters. The average Bonchev–Trinajstić information content (AvgIpc) is 2.82. The Labute approximate surface area is 102 Å². The smallest absolute Gasteiger partial charge is 0.225 e. The fourth-order valence-corrected chi connectivity index (χ4v) is 2.57. The predicted octanol–water partition coefficient (Wildman–Crippen LogP) is 2.22. The molecule has 0 radical (unpaired) electrons. The van der Waals surface area contributed by atoms with Crippen molar-refractivity contribution in [1.29, 1.82) is 5.26 Å². The summed E-state index contributed by atoms with van der Waals surface area (Å²) in [5, 5.41) is 8.71. The van der Waals surface area contributed by atoms with Gasteiger partial charge in [0.05, 0.1) is 18.0 Å². The van der Waals surface area contributed by atoms with Gasteiger partial charge in [-0.2, -0.15) is 5.26 Å². The summed E-state index contributed by atoms with van der Waals surface area (Å²) in [6.45, 7) is 6.58. The van der Waals surface area contributed by atoms with Gasteiger partial charge in [-0.1, -0.05) is 26.7 Å². The summed E-state index contributed by atoms with van der Waals surface area (Å²) < 4.78 is 0. The molecule has 4 nitrogen and oxygen atoms in total. The van der Waals surface area contributed by atoms with Crippen molar-refractivity contribution >= 4 is 5.95 Å². The molecule has 2 rings (SSSR count). The van der Waals surface area contributed by atoms with Crippen LogP contribution in [-0.4, -0.2) is 23.1 Å². The van der Waals surface area contributed by atoms with Gasteiger partial charge in [-0.3, -0.25) is 0 Å². The maximum atomic E-state index is 8.71. The highest BCUT2D eigenvalue weighted by atomic mass is 15.3. The number of rotatable bonds is 3. The lowest BCUT2D eigenvalue weighted by molar-refractivity contribution is 0.397. The molecule has 17 heavy (non-hydrogen) atoms. The van der Waals surface area contributed by atoms with E-state index in [4.69, 9.17) is 5.26 Å². The van der Waals surface area contributed by atoms with Gasteiger partial charge in [0, 0.05) is 13.1 Å². The van der Waals surface area contributed by atoms with Crippen molar-refractivity contribution in [3.63, 3.8) is 0 Å². The Kier molecular flexibility index (Phi) is 3.58. The Morgan fingerprint density at radius 1 is 1.24 bits per heavy atom. The van der Waals surface area contributed by atoms with Crippen LogP contribution < -0.4 is 4.90 Å². The Bertz CT molecular complexity index is 394. The van der Waals surface area contributed by atoms with Crippen LogP contribution in [0.2, 0.25) is 0 Å². The molecule has 0 N–H and O–H groups in total. The highest BCUT2D eigenvalue weighted by Crippen LogP contribution is 2.30. The van der Waals surface area contributed by atoms with Gasteiger partial charge in [0.25, 0.3) is 0 Å². The van der Waals surface area contributed by atoms with Crippen LogP contribution in [0.5, 0.6) is 0 Å². The van der Waals surface area contributed by atoms with E-state index in [1.54, 1.807) is 12.4 Å². The molecule has 0 spiro atoms. The second-order valence-electron chi connectivity index (χ2n) is 4.63. The summed E-state index contributed by atoms with van der Waals surface area (Å²) in [4.78, 5) is 10.8. The molecule has 2 heterocycles. The van der Waals surface area contributed by atoms with E-state index in [-0.39, 0.29) is 0 Å². The molecule has 0 bridgehead atoms. The van der Waals surface area contributed by atoms with Crippen molar-refractivity contribution in [2.24, 2.45) is 11.8 Å². The molecule has 1 fully saturated rings. The summed E-state index contributed by atoms with van der Waals surface area (Å²) in [6.07, 6.45) is 5.63. The van der Waals surface area contributed by atoms with E-state index in [0.29, 0.717) is 5.56 Å². The summed E-state index contributed by atoms with van der Waals surface area (Å²) in [5.41, 5.74) is 0.520. The summed E-state index contributed by atoms with van der Waals surface area (Å²) in [6, 6.07) is 2.04. The molecule has 90 valence electrons. The molecule has 1 aliphatic rings. The van der Waals surface area contributed by atoms with Gasteiger partial charge >= 0.3 is 0 Å². The van der Waals surface area contributed by atoms with E-state index in [1.165, 1.54) is 12.8 Å². The minimum Gasteiger partial charge on any atom is -0.340 e. The molecule has 1 aromatic heterocycles. The molecule has 1 aliphatic heterocycles. The summed E-state index contributed by atoms with van der Waals surface area (Å²) in [7, 11) is 0. The van der Waals surface area contributed by atoms with Gasteiger partial charge in [0.2, 0.25) is 5.95 Å². The Morgan fingerprint density at radius 2 is 1.76 bits per heavy atom. The van der Waals surface area contributed by atoms with E-state index in [0.717, 1.165) is 30.9 Å². The molecule has 0 aliphatic carbocycles. The number of hydrogen-bond acceptors (Lipinski definition) is 4. The van der Waals surface area contributed by atoms with Gasteiger partial charge in [-0.25, -0.2) is 9.97 Å². The van der Waals surface area contributed by atoms with Crippen molar-refractivity contribution in [1.82, 2.24) is 9.97 Å². The van der Waals surface area contributed by atoms with Crippen LogP contribution in [0.4, 0.5) is 5.95 Å². The lowest BCUT2D eigenvalue weighted by Gasteiger charge is -2.15. The van der Waals surface area contributed by atoms with Crippen LogP contribution in [0.1, 0.15) is 32.3 Å². The first-order chi connectivity index (χ1) is 8.28. The lowest BCUT2D eigenvalue weighted by Crippen LogP contribution is -2.22. The average molecular weight is 230 g/mol. The third-order valence-electron chi connectivity index (χ3n) is 3.68. The second kappa shape index (κ2) is 5.13. The molecule has 1 saturated heterocycles. The SMILES string of the molecule is CCC1CN(c2ncc(C#N)cn2)CC1CC. The first-order valence-electron chi connectivity index (χ1n) is 6.25. The first kappa shape index (κ1) is 11.8. The Hall–Kier alpha value is -1.63. The van der Waals surface area contributed by atoms with E-state index >= 15 is 0 Å². The van der Waals surface area contributed by atoms with Gasteiger partial charge in [-0.05, 0) is 11.8 Å². The zero-order valence-corrected chi connectivity index (χ0v) is 10.4. The quantitative estimate of drug-likeness (QED) is 0.799. The van der Waals surface area contributed by atoms with Crippen LogP contribution in [0.3, 0.4) is 0 Å². The third kappa shape index (κ3) is 2.38. The summed E-state index contributed by atoms with van der Waals surface area (Å²) in [5.74, 6) is 2.26. The first-order valence-corrected chi connectivity index (χ1v) is 6.25. The molecular formula is C13H18N4. The molecule has 4 heteroatoms. The van der Waals surface area contributed by atoms with Gasteiger partial charge in [0.15, 0.2) is 0 Å². The topological polar surface area (TPSA) is 52.8 Å². The number of nitrogens with zero attached hydrogens (tertiary/aromatic N) is 4. The molecule has 2 atom stereocenters. The fraction of sp³-hybridized carbons (Fsp3) is 0.615. The van der Waals surface area contributed by atoms with E-state index in [2.05, 4.69) is 28.7 Å². The molecule has 0 amide bonds. The largest absolute Gasteiger partial charge is 0.340 e. The zero-order chi connectivity index (χ0) is 12.3. The van der Waals surface area contributed by atoms with Crippen molar-refractivity contribution in [2.75, 3.05) is 18.0 Å². The second-order valence-corrected chi connectivity index (χ2v) is 4.63. The maximum Gasteiger partial charge on any atom is 0.225 e. The Balaban J connectivity index is 2.11. The van der Waals surface area contributed by atoms with Crippen molar-refractivity contribution < 1.29 is 0 Å². The van der Waals surface area contributed by atoms with Crippen LogP contribution in [0.25, 0.3) is 0 Å². The molecule has 1 aromatic rings. The van der Waals surface area contributed by atoms with Gasteiger partial charge in [-0.15, -0.1) is 0 Å². The van der Waals surface area contributed by atoms with Crippen LogP contribution in [0, 0.1) is 23.2 Å². The number of hydrogen-bond donors (Lipinski definition) is 0. The van der Waals surface area contributed by atoms with Crippen LogP contribution in [-0.2, 0) is 0 Å². The summed E-state index contributed by atoms with van der Waals surface area (Å²) >= 11 is 0. The minimum atomic E-state index is 0.520. The van der Waals surface area contributed by atoms with Crippen molar-refractivity contribution in [3.05, 3.63) is 18.0 Å². The Morgan fingerprint density at radius 3 is 2.18 bits per heavy atom.